The number of nitrogens with one attached hydrogen (secondary N) is 1. The third-order valence-corrected chi connectivity index (χ3v) is 5.48. The Kier molecular flexibility index (Phi) is 5.57. The molecule has 3 aromatic heterocycles. The number of thioether (sulfide) groups is 1. The molecule has 0 atom stereocenters. The molecule has 0 aliphatic rings. The van der Waals surface area contributed by atoms with E-state index < -0.39 is 0 Å². The summed E-state index contributed by atoms with van der Waals surface area (Å²) in [5.41, 5.74) is 5.67. The standard InChI is InChI=1S/C20H23N7S/c1-15-12-16(2)27(25-15)9-8-18-19(17-6-4-3-5-7-17)22-14-26(18)10-11-28-20-21-13-23-24-20/h3-7,12-14H,8-11H2,1-2H3,(H,21,23,24). The van der Waals surface area contributed by atoms with Crippen LogP contribution in [0.2, 0.25) is 0 Å². The minimum atomic E-state index is 0.834. The van der Waals surface area contributed by atoms with Crippen molar-refractivity contribution in [3.8, 4) is 11.3 Å². The summed E-state index contributed by atoms with van der Waals surface area (Å²) in [6.07, 6.45) is 4.35. The summed E-state index contributed by atoms with van der Waals surface area (Å²) < 4.78 is 4.32. The highest BCUT2D eigenvalue weighted by molar-refractivity contribution is 7.99. The SMILES string of the molecule is Cc1cc(C)n(CCc2c(-c3ccccc3)ncn2CCSc2ncn[nH]2)n1. The topological polar surface area (TPSA) is 77.2 Å². The average molecular weight is 394 g/mol. The van der Waals surface area contributed by atoms with Crippen molar-refractivity contribution in [1.29, 1.82) is 0 Å². The van der Waals surface area contributed by atoms with Gasteiger partial charge < -0.3 is 4.57 Å². The number of rotatable bonds is 8. The van der Waals surface area contributed by atoms with Gasteiger partial charge in [0.2, 0.25) is 0 Å². The normalized spacial score (nSPS) is 11.2. The van der Waals surface area contributed by atoms with Gasteiger partial charge in [-0.15, -0.1) is 0 Å². The predicted octanol–water partition coefficient (Wildman–Crippen LogP) is 3.52. The van der Waals surface area contributed by atoms with Crippen molar-refractivity contribution in [2.75, 3.05) is 5.75 Å². The Bertz CT molecular complexity index is 1020. The van der Waals surface area contributed by atoms with Crippen molar-refractivity contribution < 1.29 is 0 Å². The molecule has 7 nitrogen and oxygen atoms in total. The van der Waals surface area contributed by atoms with Gasteiger partial charge in [0.15, 0.2) is 5.16 Å². The molecule has 4 rings (SSSR count). The second-order valence-electron chi connectivity index (χ2n) is 6.64. The van der Waals surface area contributed by atoms with Gasteiger partial charge in [-0.3, -0.25) is 9.78 Å². The van der Waals surface area contributed by atoms with E-state index in [-0.39, 0.29) is 0 Å². The van der Waals surface area contributed by atoms with E-state index in [1.165, 1.54) is 17.7 Å². The Morgan fingerprint density at radius 2 is 1.93 bits per heavy atom. The number of hydrogen-bond donors (Lipinski definition) is 1. The number of benzene rings is 1. The predicted molar refractivity (Wildman–Crippen MR) is 110 cm³/mol. The minimum Gasteiger partial charge on any atom is -0.333 e. The van der Waals surface area contributed by atoms with Gasteiger partial charge in [0.1, 0.15) is 6.33 Å². The van der Waals surface area contributed by atoms with E-state index >= 15 is 0 Å². The van der Waals surface area contributed by atoms with E-state index in [4.69, 9.17) is 4.98 Å². The van der Waals surface area contributed by atoms with Crippen molar-refractivity contribution in [2.24, 2.45) is 0 Å². The largest absolute Gasteiger partial charge is 0.333 e. The van der Waals surface area contributed by atoms with Crippen LogP contribution in [0.3, 0.4) is 0 Å². The van der Waals surface area contributed by atoms with Crippen LogP contribution in [-0.4, -0.2) is 40.3 Å². The Morgan fingerprint density at radius 1 is 1.07 bits per heavy atom. The quantitative estimate of drug-likeness (QED) is 0.464. The Morgan fingerprint density at radius 3 is 2.64 bits per heavy atom. The fraction of sp³-hybridized carbons (Fsp3) is 0.300. The Balaban J connectivity index is 1.54. The van der Waals surface area contributed by atoms with Crippen molar-refractivity contribution in [3.63, 3.8) is 0 Å². The van der Waals surface area contributed by atoms with E-state index in [1.54, 1.807) is 11.8 Å². The fourth-order valence-corrected chi connectivity index (χ4v) is 4.04. The number of hydrogen-bond acceptors (Lipinski definition) is 5. The molecule has 0 radical (unpaired) electrons. The Labute approximate surface area is 168 Å². The van der Waals surface area contributed by atoms with E-state index in [0.29, 0.717) is 0 Å². The summed E-state index contributed by atoms with van der Waals surface area (Å²) in [7, 11) is 0. The number of imidazole rings is 1. The molecule has 3 heterocycles. The van der Waals surface area contributed by atoms with Crippen LogP contribution >= 0.6 is 11.8 Å². The van der Waals surface area contributed by atoms with Crippen LogP contribution < -0.4 is 0 Å². The molecule has 144 valence electrons. The highest BCUT2D eigenvalue weighted by Gasteiger charge is 2.14. The molecule has 28 heavy (non-hydrogen) atoms. The number of aromatic amines is 1. The van der Waals surface area contributed by atoms with Crippen LogP contribution in [0.1, 0.15) is 17.1 Å². The highest BCUT2D eigenvalue weighted by Crippen LogP contribution is 2.24. The third kappa shape index (κ3) is 4.17. The first kappa shape index (κ1) is 18.5. The molecule has 8 heteroatoms. The molecule has 0 fully saturated rings. The number of aromatic nitrogens is 7. The van der Waals surface area contributed by atoms with Crippen LogP contribution in [0.25, 0.3) is 11.3 Å². The van der Waals surface area contributed by atoms with Crippen molar-refractivity contribution in [2.45, 2.75) is 38.5 Å². The van der Waals surface area contributed by atoms with Gasteiger partial charge in [-0.1, -0.05) is 42.1 Å². The van der Waals surface area contributed by atoms with E-state index in [1.807, 2.05) is 19.3 Å². The molecule has 0 bridgehead atoms. The minimum absolute atomic E-state index is 0.834. The van der Waals surface area contributed by atoms with Crippen molar-refractivity contribution in [1.82, 2.24) is 34.5 Å². The monoisotopic (exact) mass is 393 g/mol. The zero-order valence-corrected chi connectivity index (χ0v) is 16.9. The van der Waals surface area contributed by atoms with E-state index in [2.05, 4.69) is 66.8 Å². The molecule has 0 aliphatic heterocycles. The molecule has 1 N–H and O–H groups in total. The molecule has 0 saturated heterocycles. The van der Waals surface area contributed by atoms with Crippen LogP contribution in [0.4, 0.5) is 0 Å². The molecule has 1 aromatic carbocycles. The first-order valence-electron chi connectivity index (χ1n) is 9.29. The van der Waals surface area contributed by atoms with Crippen LogP contribution in [0, 0.1) is 13.8 Å². The van der Waals surface area contributed by atoms with Crippen LogP contribution in [0.15, 0.2) is 54.2 Å². The zero-order chi connectivity index (χ0) is 19.3. The molecule has 0 spiro atoms. The summed E-state index contributed by atoms with van der Waals surface area (Å²) in [6.45, 7) is 5.82. The lowest BCUT2D eigenvalue weighted by molar-refractivity contribution is 0.573. The Hall–Kier alpha value is -2.87. The molecular weight excluding hydrogens is 370 g/mol. The molecule has 0 unspecified atom stereocenters. The van der Waals surface area contributed by atoms with Gasteiger partial charge in [-0.2, -0.15) is 10.2 Å². The van der Waals surface area contributed by atoms with Gasteiger partial charge in [0, 0.05) is 42.2 Å². The van der Waals surface area contributed by atoms with Gasteiger partial charge in [0.25, 0.3) is 0 Å². The fourth-order valence-electron chi connectivity index (χ4n) is 3.32. The smallest absolute Gasteiger partial charge is 0.183 e. The maximum absolute atomic E-state index is 4.73. The first-order chi connectivity index (χ1) is 13.7. The number of nitrogens with zero attached hydrogens (tertiary/aromatic N) is 6. The highest BCUT2D eigenvalue weighted by atomic mass is 32.2. The second-order valence-corrected chi connectivity index (χ2v) is 7.72. The van der Waals surface area contributed by atoms with Gasteiger partial charge in [-0.05, 0) is 19.9 Å². The van der Waals surface area contributed by atoms with E-state index in [0.717, 1.165) is 47.4 Å². The lowest BCUT2D eigenvalue weighted by atomic mass is 10.1. The lowest BCUT2D eigenvalue weighted by Crippen LogP contribution is -2.11. The molecule has 0 aliphatic carbocycles. The summed E-state index contributed by atoms with van der Waals surface area (Å²) in [5, 5.41) is 12.2. The van der Waals surface area contributed by atoms with Crippen molar-refractivity contribution in [3.05, 3.63) is 66.1 Å². The van der Waals surface area contributed by atoms with Crippen LogP contribution in [-0.2, 0) is 19.5 Å². The van der Waals surface area contributed by atoms with Gasteiger partial charge >= 0.3 is 0 Å². The zero-order valence-electron chi connectivity index (χ0n) is 16.0. The molecule has 4 aromatic rings. The summed E-state index contributed by atoms with van der Waals surface area (Å²) in [4.78, 5) is 8.90. The molecular formula is C20H23N7S. The lowest BCUT2D eigenvalue weighted by Gasteiger charge is -2.11. The summed E-state index contributed by atoms with van der Waals surface area (Å²) in [6, 6.07) is 12.5. The van der Waals surface area contributed by atoms with E-state index in [9.17, 15) is 0 Å². The first-order valence-corrected chi connectivity index (χ1v) is 10.3. The van der Waals surface area contributed by atoms with Gasteiger partial charge in [0.05, 0.1) is 17.7 Å². The van der Waals surface area contributed by atoms with Gasteiger partial charge in [-0.25, -0.2) is 9.97 Å². The summed E-state index contributed by atoms with van der Waals surface area (Å²) >= 11 is 1.66. The second kappa shape index (κ2) is 8.43. The third-order valence-electron chi connectivity index (χ3n) is 4.62. The number of H-pyrrole nitrogens is 1. The average Bonchev–Trinajstić information content (AvgIpc) is 3.42. The van der Waals surface area contributed by atoms with Crippen LogP contribution in [0.5, 0.6) is 0 Å². The molecule has 0 amide bonds. The van der Waals surface area contributed by atoms with Crippen molar-refractivity contribution >= 4 is 11.8 Å². The summed E-state index contributed by atoms with van der Waals surface area (Å²) in [5.74, 6) is 0.896. The maximum Gasteiger partial charge on any atom is 0.183 e. The maximum atomic E-state index is 4.73. The molecule has 0 saturated carbocycles. The number of aryl methyl sites for hydroxylation is 4.